The summed E-state index contributed by atoms with van der Waals surface area (Å²) < 4.78 is 37.2. The van der Waals surface area contributed by atoms with Crippen molar-refractivity contribution < 1.29 is 18.0 Å². The van der Waals surface area contributed by atoms with E-state index >= 15 is 0 Å². The molecule has 0 saturated carbocycles. The Kier molecular flexibility index (Phi) is 5.14. The number of carbonyl (C=O) groups excluding carboxylic acids is 1. The van der Waals surface area contributed by atoms with Gasteiger partial charge < -0.3 is 4.90 Å². The Balaban J connectivity index is 2.78. The van der Waals surface area contributed by atoms with E-state index in [1.54, 1.807) is 13.8 Å². The fourth-order valence-electron chi connectivity index (χ4n) is 1.72. The van der Waals surface area contributed by atoms with Crippen LogP contribution in [0.5, 0.6) is 0 Å². The molecule has 0 unspecified atom stereocenters. The van der Waals surface area contributed by atoms with Gasteiger partial charge in [-0.1, -0.05) is 12.1 Å². The van der Waals surface area contributed by atoms with Crippen LogP contribution in [0.3, 0.4) is 0 Å². The average molecular weight is 284 g/mol. The van der Waals surface area contributed by atoms with Crippen molar-refractivity contribution in [2.24, 2.45) is 0 Å². The molecule has 1 aromatic rings. The van der Waals surface area contributed by atoms with Crippen molar-refractivity contribution in [3.63, 3.8) is 0 Å². The molecule has 0 heterocycles. The smallest absolute Gasteiger partial charge is 0.327 e. The molecule has 3 nitrogen and oxygen atoms in total. The second-order valence-corrected chi connectivity index (χ2v) is 4.64. The summed E-state index contributed by atoms with van der Waals surface area (Å²) in [7, 11) is 0. The number of benzene rings is 1. The van der Waals surface area contributed by atoms with Gasteiger partial charge in [0.25, 0.3) is 0 Å². The van der Waals surface area contributed by atoms with Gasteiger partial charge in [-0.15, -0.1) is 0 Å². The van der Waals surface area contributed by atoms with E-state index in [2.05, 4.69) is 0 Å². The summed E-state index contributed by atoms with van der Waals surface area (Å²) in [5, 5.41) is 8.66. The Bertz CT molecular complexity index is 501. The highest BCUT2D eigenvalue weighted by Crippen LogP contribution is 2.29. The van der Waals surface area contributed by atoms with Crippen molar-refractivity contribution in [2.45, 2.75) is 32.5 Å². The lowest BCUT2D eigenvalue weighted by Crippen LogP contribution is -2.38. The van der Waals surface area contributed by atoms with Crippen molar-refractivity contribution in [2.75, 3.05) is 6.54 Å². The monoisotopic (exact) mass is 284 g/mol. The first kappa shape index (κ1) is 16.0. The van der Waals surface area contributed by atoms with Crippen molar-refractivity contribution >= 4 is 5.91 Å². The fourth-order valence-corrected chi connectivity index (χ4v) is 1.72. The second kappa shape index (κ2) is 6.42. The van der Waals surface area contributed by atoms with Crippen molar-refractivity contribution in [3.8, 4) is 6.07 Å². The maximum atomic E-state index is 12.4. The molecule has 0 aliphatic heterocycles. The highest BCUT2D eigenvalue weighted by Gasteiger charge is 2.30. The van der Waals surface area contributed by atoms with Gasteiger partial charge in [0.05, 0.1) is 18.1 Å². The molecular formula is C14H15F3N2O. The Morgan fingerprint density at radius 1 is 1.30 bits per heavy atom. The van der Waals surface area contributed by atoms with Crippen LogP contribution >= 0.6 is 0 Å². The molecule has 1 aromatic carbocycles. The van der Waals surface area contributed by atoms with Crippen LogP contribution in [0.15, 0.2) is 24.3 Å². The molecule has 0 spiro atoms. The van der Waals surface area contributed by atoms with E-state index in [0.29, 0.717) is 5.56 Å². The minimum Gasteiger partial charge on any atom is -0.327 e. The van der Waals surface area contributed by atoms with Crippen LogP contribution in [0.25, 0.3) is 0 Å². The summed E-state index contributed by atoms with van der Waals surface area (Å²) in [6, 6.07) is 6.24. The topological polar surface area (TPSA) is 44.1 Å². The molecule has 1 rings (SSSR count). The first-order valence-electron chi connectivity index (χ1n) is 6.08. The predicted octanol–water partition coefficient (Wildman–Crippen LogP) is 3.01. The molecule has 0 radical (unpaired) electrons. The summed E-state index contributed by atoms with van der Waals surface area (Å²) in [5.74, 6) is -0.277. The van der Waals surface area contributed by atoms with Gasteiger partial charge in [0.2, 0.25) is 5.91 Å². The lowest BCUT2D eigenvalue weighted by atomic mass is 10.1. The average Bonchev–Trinajstić information content (AvgIpc) is 2.34. The largest absolute Gasteiger partial charge is 0.416 e. The van der Waals surface area contributed by atoms with Gasteiger partial charge in [0.15, 0.2) is 0 Å². The van der Waals surface area contributed by atoms with E-state index < -0.39 is 11.7 Å². The van der Waals surface area contributed by atoms with Crippen molar-refractivity contribution in [1.29, 1.82) is 5.26 Å². The number of halogens is 3. The van der Waals surface area contributed by atoms with E-state index in [1.807, 2.05) is 6.07 Å². The van der Waals surface area contributed by atoms with Gasteiger partial charge in [0, 0.05) is 6.04 Å². The number of alkyl halides is 3. The van der Waals surface area contributed by atoms with E-state index in [9.17, 15) is 18.0 Å². The minimum atomic E-state index is -4.38. The second-order valence-electron chi connectivity index (χ2n) is 4.64. The molecule has 20 heavy (non-hydrogen) atoms. The van der Waals surface area contributed by atoms with Crippen LogP contribution in [-0.2, 0) is 17.4 Å². The zero-order valence-electron chi connectivity index (χ0n) is 11.2. The number of hydrogen-bond donors (Lipinski definition) is 0. The molecule has 1 amide bonds. The van der Waals surface area contributed by atoms with Crippen LogP contribution in [0.1, 0.15) is 25.0 Å². The summed E-state index contributed by atoms with van der Waals surface area (Å²) in [5.41, 5.74) is -0.252. The maximum absolute atomic E-state index is 12.4. The van der Waals surface area contributed by atoms with Gasteiger partial charge in [-0.3, -0.25) is 4.79 Å². The zero-order chi connectivity index (χ0) is 15.3. The summed E-state index contributed by atoms with van der Waals surface area (Å²) in [4.78, 5) is 13.4. The first-order valence-corrected chi connectivity index (χ1v) is 6.08. The highest BCUT2D eigenvalue weighted by atomic mass is 19.4. The summed E-state index contributed by atoms with van der Waals surface area (Å²) >= 11 is 0. The molecule has 0 aliphatic carbocycles. The Labute approximate surface area is 115 Å². The van der Waals surface area contributed by atoms with E-state index in [0.717, 1.165) is 12.1 Å². The van der Waals surface area contributed by atoms with Crippen molar-refractivity contribution in [1.82, 2.24) is 4.90 Å². The summed E-state index contributed by atoms with van der Waals surface area (Å²) in [6.45, 7) is 3.53. The third kappa shape index (κ3) is 4.26. The van der Waals surface area contributed by atoms with Crippen LogP contribution in [0, 0.1) is 11.3 Å². The van der Waals surface area contributed by atoms with Gasteiger partial charge in [-0.05, 0) is 31.5 Å². The number of carbonyl (C=O) groups is 1. The quantitative estimate of drug-likeness (QED) is 0.798. The maximum Gasteiger partial charge on any atom is 0.416 e. The van der Waals surface area contributed by atoms with E-state index in [-0.39, 0.29) is 24.9 Å². The van der Waals surface area contributed by atoms with Crippen LogP contribution in [-0.4, -0.2) is 23.4 Å². The van der Waals surface area contributed by atoms with Crippen molar-refractivity contribution in [3.05, 3.63) is 35.4 Å². The number of rotatable bonds is 4. The Hall–Kier alpha value is -2.03. The lowest BCUT2D eigenvalue weighted by molar-refractivity contribution is -0.137. The van der Waals surface area contributed by atoms with E-state index in [4.69, 9.17) is 5.26 Å². The van der Waals surface area contributed by atoms with Gasteiger partial charge in [0.1, 0.15) is 6.54 Å². The third-order valence-electron chi connectivity index (χ3n) is 2.82. The molecule has 0 aromatic heterocycles. The molecule has 0 atom stereocenters. The molecule has 0 bridgehead atoms. The molecule has 0 saturated heterocycles. The van der Waals surface area contributed by atoms with Gasteiger partial charge >= 0.3 is 6.18 Å². The lowest BCUT2D eigenvalue weighted by Gasteiger charge is -2.23. The first-order chi connectivity index (χ1) is 9.25. The number of nitrogens with zero attached hydrogens (tertiary/aromatic N) is 2. The third-order valence-corrected chi connectivity index (χ3v) is 2.82. The molecule has 108 valence electrons. The zero-order valence-corrected chi connectivity index (χ0v) is 11.2. The molecule has 0 fully saturated rings. The normalized spacial score (nSPS) is 11.2. The van der Waals surface area contributed by atoms with Crippen LogP contribution < -0.4 is 0 Å². The molecule has 6 heteroatoms. The SMILES string of the molecule is CC(C)N(CC#N)C(=O)Cc1ccc(C(F)(F)F)cc1. The van der Waals surface area contributed by atoms with Crippen LogP contribution in [0.2, 0.25) is 0 Å². The molecular weight excluding hydrogens is 269 g/mol. The Morgan fingerprint density at radius 3 is 2.25 bits per heavy atom. The van der Waals surface area contributed by atoms with Crippen LogP contribution in [0.4, 0.5) is 13.2 Å². The Morgan fingerprint density at radius 2 is 1.85 bits per heavy atom. The van der Waals surface area contributed by atoms with Gasteiger partial charge in [-0.25, -0.2) is 0 Å². The van der Waals surface area contributed by atoms with E-state index in [1.165, 1.54) is 17.0 Å². The van der Waals surface area contributed by atoms with Gasteiger partial charge in [-0.2, -0.15) is 18.4 Å². The number of amides is 1. The predicted molar refractivity (Wildman–Crippen MR) is 67.6 cm³/mol. The molecule has 0 N–H and O–H groups in total. The number of hydrogen-bond acceptors (Lipinski definition) is 2. The molecule has 0 aliphatic rings. The number of nitriles is 1. The standard InChI is InChI=1S/C14H15F3N2O/c1-10(2)19(8-7-18)13(20)9-11-3-5-12(6-4-11)14(15,16)17/h3-6,10H,8-9H2,1-2H3. The fraction of sp³-hybridized carbons (Fsp3) is 0.429. The highest BCUT2D eigenvalue weighted by molar-refractivity contribution is 5.79. The minimum absolute atomic E-state index is 0.0159. The summed E-state index contributed by atoms with van der Waals surface area (Å²) in [6.07, 6.45) is -4.40.